The zero-order chi connectivity index (χ0) is 15.6. The van der Waals surface area contributed by atoms with Gasteiger partial charge < -0.3 is 5.32 Å². The van der Waals surface area contributed by atoms with E-state index in [-0.39, 0.29) is 21.6 Å². The summed E-state index contributed by atoms with van der Waals surface area (Å²) in [5.74, 6) is -0.0455. The number of hydrogen-bond acceptors (Lipinski definition) is 6. The zero-order valence-corrected chi connectivity index (χ0v) is 11.9. The molecule has 0 aliphatic heterocycles. The number of sulfonamides is 1. The largest absolute Gasteiger partial charge is 0.334 e. The fraction of sp³-hybridized carbons (Fsp3) is 0. The first kappa shape index (κ1) is 15.2. The first-order valence-electron chi connectivity index (χ1n) is 5.48. The van der Waals surface area contributed by atoms with Crippen molar-refractivity contribution < 1.29 is 13.3 Å². The Morgan fingerprint density at radius 2 is 1.81 bits per heavy atom. The maximum atomic E-state index is 11.1. The first-order valence-corrected chi connectivity index (χ1v) is 7.40. The minimum atomic E-state index is -3.79. The van der Waals surface area contributed by atoms with Crippen molar-refractivity contribution in [2.75, 3.05) is 5.32 Å². The van der Waals surface area contributed by atoms with Gasteiger partial charge in [0.1, 0.15) is 5.15 Å². The van der Waals surface area contributed by atoms with Crippen LogP contribution in [0.15, 0.2) is 41.3 Å². The normalized spacial score (nSPS) is 11.1. The maximum Gasteiger partial charge on any atom is 0.311 e. The van der Waals surface area contributed by atoms with E-state index in [4.69, 9.17) is 16.7 Å². The molecule has 1 aromatic heterocycles. The van der Waals surface area contributed by atoms with Gasteiger partial charge in [-0.1, -0.05) is 11.6 Å². The molecule has 0 saturated carbocycles. The van der Waals surface area contributed by atoms with Crippen molar-refractivity contribution >= 4 is 38.8 Å². The van der Waals surface area contributed by atoms with Crippen molar-refractivity contribution in [1.29, 1.82) is 0 Å². The van der Waals surface area contributed by atoms with Crippen molar-refractivity contribution in [2.24, 2.45) is 5.14 Å². The third-order valence-corrected chi connectivity index (χ3v) is 3.62. The third-order valence-electron chi connectivity index (χ3n) is 2.48. The summed E-state index contributed by atoms with van der Waals surface area (Å²) >= 11 is 5.70. The highest BCUT2D eigenvalue weighted by Crippen LogP contribution is 2.27. The lowest BCUT2D eigenvalue weighted by Crippen LogP contribution is -2.11. The zero-order valence-electron chi connectivity index (χ0n) is 10.4. The van der Waals surface area contributed by atoms with Crippen molar-refractivity contribution in [3.63, 3.8) is 0 Å². The van der Waals surface area contributed by atoms with Crippen LogP contribution in [-0.4, -0.2) is 18.3 Å². The second-order valence-electron chi connectivity index (χ2n) is 3.95. The van der Waals surface area contributed by atoms with E-state index in [1.54, 1.807) is 0 Å². The highest BCUT2D eigenvalue weighted by atomic mass is 35.5. The average Bonchev–Trinajstić information content (AvgIpc) is 2.38. The van der Waals surface area contributed by atoms with E-state index < -0.39 is 14.9 Å². The Hall–Kier alpha value is -2.23. The Bertz CT molecular complexity index is 792. The van der Waals surface area contributed by atoms with Gasteiger partial charge in [0, 0.05) is 11.8 Å². The van der Waals surface area contributed by atoms with E-state index in [0.29, 0.717) is 5.69 Å². The number of rotatable bonds is 4. The van der Waals surface area contributed by atoms with Gasteiger partial charge >= 0.3 is 5.69 Å². The van der Waals surface area contributed by atoms with E-state index in [0.717, 1.165) is 0 Å². The number of primary sulfonamides is 1. The lowest BCUT2D eigenvalue weighted by molar-refractivity contribution is -0.384. The predicted molar refractivity (Wildman–Crippen MR) is 77.0 cm³/mol. The molecule has 21 heavy (non-hydrogen) atoms. The van der Waals surface area contributed by atoms with Crippen LogP contribution in [0.3, 0.4) is 0 Å². The number of nitro groups is 1. The number of halogens is 1. The average molecular weight is 329 g/mol. The fourth-order valence-electron chi connectivity index (χ4n) is 1.53. The Morgan fingerprint density at radius 1 is 1.19 bits per heavy atom. The molecule has 0 unspecified atom stereocenters. The van der Waals surface area contributed by atoms with Crippen molar-refractivity contribution in [3.8, 4) is 0 Å². The second kappa shape index (κ2) is 5.64. The molecular formula is C11H9ClN4O4S. The fourth-order valence-corrected chi connectivity index (χ4v) is 2.19. The summed E-state index contributed by atoms with van der Waals surface area (Å²) in [6, 6.07) is 7.88. The van der Waals surface area contributed by atoms with Gasteiger partial charge in [-0.15, -0.1) is 0 Å². The molecule has 0 spiro atoms. The topological polar surface area (TPSA) is 128 Å². The van der Waals surface area contributed by atoms with Crippen molar-refractivity contribution in [2.45, 2.75) is 4.90 Å². The van der Waals surface area contributed by atoms with Crippen molar-refractivity contribution in [1.82, 2.24) is 4.98 Å². The lowest BCUT2D eigenvalue weighted by Gasteiger charge is -2.07. The molecule has 2 aromatic rings. The van der Waals surface area contributed by atoms with Gasteiger partial charge in [0.25, 0.3) is 0 Å². The highest BCUT2D eigenvalue weighted by Gasteiger charge is 2.16. The maximum absolute atomic E-state index is 11.1. The summed E-state index contributed by atoms with van der Waals surface area (Å²) in [6.07, 6.45) is 0. The van der Waals surface area contributed by atoms with Crippen LogP contribution in [0.25, 0.3) is 0 Å². The molecule has 3 N–H and O–H groups in total. The van der Waals surface area contributed by atoms with Gasteiger partial charge in [-0.2, -0.15) is 0 Å². The van der Waals surface area contributed by atoms with Crippen LogP contribution < -0.4 is 10.5 Å². The van der Waals surface area contributed by atoms with Gasteiger partial charge in [0.15, 0.2) is 0 Å². The SMILES string of the molecule is NS(=O)(=O)c1ccc(Nc2nc(Cl)ccc2[N+](=O)[O-])cc1. The number of pyridine rings is 1. The molecule has 8 nitrogen and oxygen atoms in total. The molecule has 0 bridgehead atoms. The molecule has 0 fully saturated rings. The highest BCUT2D eigenvalue weighted by molar-refractivity contribution is 7.89. The van der Waals surface area contributed by atoms with Crippen LogP contribution >= 0.6 is 11.6 Å². The third kappa shape index (κ3) is 3.66. The van der Waals surface area contributed by atoms with Crippen LogP contribution in [0.2, 0.25) is 5.15 Å². The number of hydrogen-bond donors (Lipinski definition) is 2. The van der Waals surface area contributed by atoms with Gasteiger partial charge in [-0.3, -0.25) is 10.1 Å². The number of nitrogens with two attached hydrogens (primary N) is 1. The number of anilines is 2. The number of nitrogens with one attached hydrogen (secondary N) is 1. The van der Waals surface area contributed by atoms with E-state index in [1.165, 1.54) is 36.4 Å². The second-order valence-corrected chi connectivity index (χ2v) is 5.90. The van der Waals surface area contributed by atoms with Crippen LogP contribution in [0.1, 0.15) is 0 Å². The number of benzene rings is 1. The molecular weight excluding hydrogens is 320 g/mol. The van der Waals surface area contributed by atoms with E-state index in [9.17, 15) is 18.5 Å². The van der Waals surface area contributed by atoms with Crippen LogP contribution in [0, 0.1) is 10.1 Å². The molecule has 2 rings (SSSR count). The summed E-state index contributed by atoms with van der Waals surface area (Å²) in [6.45, 7) is 0. The Labute approximate surface area is 124 Å². The molecule has 0 radical (unpaired) electrons. The molecule has 0 aliphatic carbocycles. The first-order chi connectivity index (χ1) is 9.77. The molecule has 1 aromatic carbocycles. The van der Waals surface area contributed by atoms with Crippen LogP contribution in [0.4, 0.5) is 17.2 Å². The molecule has 0 saturated heterocycles. The summed E-state index contributed by atoms with van der Waals surface area (Å²) in [7, 11) is -3.79. The van der Waals surface area contributed by atoms with Gasteiger partial charge in [-0.05, 0) is 30.3 Å². The van der Waals surface area contributed by atoms with Crippen LogP contribution in [0.5, 0.6) is 0 Å². The standard InChI is InChI=1S/C11H9ClN4O4S/c12-10-6-5-9(16(17)18)11(15-10)14-7-1-3-8(4-2-7)21(13,19)20/h1-6H,(H,14,15)(H2,13,19,20). The lowest BCUT2D eigenvalue weighted by atomic mass is 10.3. The molecule has 0 amide bonds. The molecule has 0 atom stereocenters. The van der Waals surface area contributed by atoms with Crippen molar-refractivity contribution in [3.05, 3.63) is 51.7 Å². The van der Waals surface area contributed by atoms with E-state index in [2.05, 4.69) is 10.3 Å². The minimum absolute atomic E-state index is 0.0455. The minimum Gasteiger partial charge on any atom is -0.334 e. The molecule has 10 heteroatoms. The molecule has 1 heterocycles. The molecule has 0 aliphatic rings. The van der Waals surface area contributed by atoms with Gasteiger partial charge in [0.05, 0.1) is 9.82 Å². The Kier molecular flexibility index (Phi) is 4.07. The smallest absolute Gasteiger partial charge is 0.311 e. The summed E-state index contributed by atoms with van der Waals surface area (Å²) in [5.41, 5.74) is 0.148. The summed E-state index contributed by atoms with van der Waals surface area (Å²) in [5, 5.41) is 18.7. The quantitative estimate of drug-likeness (QED) is 0.502. The van der Waals surface area contributed by atoms with E-state index >= 15 is 0 Å². The number of aromatic nitrogens is 1. The summed E-state index contributed by atoms with van der Waals surface area (Å²) in [4.78, 5) is 14.1. The van der Waals surface area contributed by atoms with E-state index in [1.807, 2.05) is 0 Å². The van der Waals surface area contributed by atoms with Crippen LogP contribution in [-0.2, 0) is 10.0 Å². The predicted octanol–water partition coefficient (Wildman–Crippen LogP) is 2.03. The summed E-state index contributed by atoms with van der Waals surface area (Å²) < 4.78 is 22.3. The monoisotopic (exact) mass is 328 g/mol. The van der Waals surface area contributed by atoms with Gasteiger partial charge in [-0.25, -0.2) is 18.5 Å². The Morgan fingerprint density at radius 3 is 2.33 bits per heavy atom. The van der Waals surface area contributed by atoms with Gasteiger partial charge in [0.2, 0.25) is 15.8 Å². The Balaban J connectivity index is 2.34. The number of nitrogens with zero attached hydrogens (tertiary/aromatic N) is 2. The molecule has 110 valence electrons.